The highest BCUT2D eigenvalue weighted by atomic mass is 16.5. The van der Waals surface area contributed by atoms with Crippen LogP contribution < -0.4 is 5.32 Å². The van der Waals surface area contributed by atoms with E-state index in [0.717, 1.165) is 22.7 Å². The van der Waals surface area contributed by atoms with Gasteiger partial charge in [0, 0.05) is 11.6 Å². The SMILES string of the molecule is Cc1ccc2c(NC3C4CCN(CC4)C34CC4)noc2c1. The molecule has 0 radical (unpaired) electrons. The van der Waals surface area contributed by atoms with E-state index in [1.807, 2.05) is 0 Å². The number of fused-ring (bicyclic) bond motifs is 3. The van der Waals surface area contributed by atoms with Crippen LogP contribution in [0.5, 0.6) is 0 Å². The fourth-order valence-electron chi connectivity index (χ4n) is 4.62. The van der Waals surface area contributed by atoms with Crippen molar-refractivity contribution in [2.24, 2.45) is 5.92 Å². The van der Waals surface area contributed by atoms with Crippen LogP contribution in [0, 0.1) is 12.8 Å². The van der Waals surface area contributed by atoms with Crippen LogP contribution in [0.4, 0.5) is 5.82 Å². The zero-order valence-electron chi connectivity index (χ0n) is 12.4. The van der Waals surface area contributed by atoms with Crippen LogP contribution in [-0.4, -0.2) is 34.7 Å². The van der Waals surface area contributed by atoms with Crippen molar-refractivity contribution in [2.45, 2.75) is 44.2 Å². The van der Waals surface area contributed by atoms with Crippen LogP contribution in [0.15, 0.2) is 22.7 Å². The normalized spacial score (nSPS) is 32.7. The van der Waals surface area contributed by atoms with Gasteiger partial charge in [0.2, 0.25) is 0 Å². The largest absolute Gasteiger partial charge is 0.362 e. The first-order valence-electron chi connectivity index (χ1n) is 8.14. The summed E-state index contributed by atoms with van der Waals surface area (Å²) >= 11 is 0. The van der Waals surface area contributed by atoms with E-state index in [9.17, 15) is 0 Å². The monoisotopic (exact) mass is 283 g/mol. The highest BCUT2D eigenvalue weighted by Gasteiger charge is 2.60. The lowest BCUT2D eigenvalue weighted by Gasteiger charge is -2.52. The van der Waals surface area contributed by atoms with Crippen molar-refractivity contribution in [3.8, 4) is 0 Å². The van der Waals surface area contributed by atoms with Gasteiger partial charge >= 0.3 is 0 Å². The van der Waals surface area contributed by atoms with Gasteiger partial charge in [-0.1, -0.05) is 11.2 Å². The Morgan fingerprint density at radius 3 is 2.86 bits per heavy atom. The van der Waals surface area contributed by atoms with Gasteiger partial charge in [-0.15, -0.1) is 0 Å². The number of hydrogen-bond donors (Lipinski definition) is 1. The van der Waals surface area contributed by atoms with Crippen molar-refractivity contribution in [3.05, 3.63) is 23.8 Å². The fraction of sp³-hybridized carbons (Fsp3) is 0.588. The van der Waals surface area contributed by atoms with E-state index in [2.05, 4.69) is 40.5 Å². The van der Waals surface area contributed by atoms with Crippen LogP contribution in [-0.2, 0) is 0 Å². The maximum absolute atomic E-state index is 5.51. The molecule has 21 heavy (non-hydrogen) atoms. The summed E-state index contributed by atoms with van der Waals surface area (Å²) in [6.07, 6.45) is 5.34. The summed E-state index contributed by atoms with van der Waals surface area (Å²) in [5, 5.41) is 9.18. The van der Waals surface area contributed by atoms with Gasteiger partial charge in [-0.25, -0.2) is 0 Å². The van der Waals surface area contributed by atoms with Crippen molar-refractivity contribution in [3.63, 3.8) is 0 Å². The highest BCUT2D eigenvalue weighted by molar-refractivity contribution is 5.88. The first-order chi connectivity index (χ1) is 10.3. The molecule has 1 aromatic carbocycles. The van der Waals surface area contributed by atoms with Crippen molar-refractivity contribution in [1.82, 2.24) is 10.1 Å². The van der Waals surface area contributed by atoms with Crippen molar-refractivity contribution in [1.29, 1.82) is 0 Å². The molecular weight excluding hydrogens is 262 g/mol. The van der Waals surface area contributed by atoms with E-state index in [4.69, 9.17) is 4.52 Å². The Bertz CT molecular complexity index is 695. The second kappa shape index (κ2) is 4.01. The van der Waals surface area contributed by atoms with E-state index in [0.29, 0.717) is 11.6 Å². The molecule has 6 rings (SSSR count). The van der Waals surface area contributed by atoms with Gasteiger partial charge in [0.1, 0.15) is 0 Å². The third-order valence-electron chi connectivity index (χ3n) is 5.90. The van der Waals surface area contributed by atoms with Crippen LogP contribution >= 0.6 is 0 Å². The molecule has 2 bridgehead atoms. The number of benzene rings is 1. The summed E-state index contributed by atoms with van der Waals surface area (Å²) in [6.45, 7) is 4.67. The summed E-state index contributed by atoms with van der Waals surface area (Å²) in [5.41, 5.74) is 2.53. The van der Waals surface area contributed by atoms with Crippen molar-refractivity contribution in [2.75, 3.05) is 18.4 Å². The average Bonchev–Trinajstić information content (AvgIpc) is 3.19. The van der Waals surface area contributed by atoms with Crippen LogP contribution in [0.25, 0.3) is 11.0 Å². The number of anilines is 1. The van der Waals surface area contributed by atoms with Crippen LogP contribution in [0.2, 0.25) is 0 Å². The molecular formula is C17H21N3O. The topological polar surface area (TPSA) is 41.3 Å². The number of nitrogens with zero attached hydrogens (tertiary/aromatic N) is 2. The number of nitrogens with one attached hydrogen (secondary N) is 1. The van der Waals surface area contributed by atoms with E-state index < -0.39 is 0 Å². The smallest absolute Gasteiger partial charge is 0.177 e. The van der Waals surface area contributed by atoms with E-state index >= 15 is 0 Å². The zero-order chi connectivity index (χ0) is 14.0. The molecule has 1 atom stereocenters. The second-order valence-corrected chi connectivity index (χ2v) is 7.08. The molecule has 1 N–H and O–H groups in total. The molecule has 3 aliphatic heterocycles. The molecule has 0 amide bonds. The molecule has 1 saturated carbocycles. The molecule has 2 aromatic rings. The summed E-state index contributed by atoms with van der Waals surface area (Å²) in [7, 11) is 0. The summed E-state index contributed by atoms with van der Waals surface area (Å²) in [6, 6.07) is 6.88. The standard InChI is InChI=1S/C17H21N3O/c1-11-2-3-13-14(10-11)21-19-16(13)18-15-12-4-8-20(9-5-12)17(15)6-7-17/h2-3,10,12,15H,4-9H2,1H3,(H,18,19). The molecule has 1 aromatic heterocycles. The maximum Gasteiger partial charge on any atom is 0.177 e. The van der Waals surface area contributed by atoms with Gasteiger partial charge in [0.05, 0.1) is 5.39 Å². The third kappa shape index (κ3) is 1.62. The van der Waals surface area contributed by atoms with E-state index in [1.165, 1.54) is 44.3 Å². The molecule has 4 heterocycles. The number of rotatable bonds is 2. The van der Waals surface area contributed by atoms with Gasteiger partial charge in [-0.05, 0) is 69.3 Å². The predicted molar refractivity (Wildman–Crippen MR) is 82.4 cm³/mol. The first kappa shape index (κ1) is 12.0. The number of aryl methyl sites for hydroxylation is 1. The summed E-state index contributed by atoms with van der Waals surface area (Å²) in [5.74, 6) is 1.74. The highest BCUT2D eigenvalue weighted by Crippen LogP contribution is 2.54. The number of piperidine rings is 3. The second-order valence-electron chi connectivity index (χ2n) is 7.08. The summed E-state index contributed by atoms with van der Waals surface area (Å²) < 4.78 is 5.51. The lowest BCUT2D eigenvalue weighted by molar-refractivity contribution is 0.0202. The minimum Gasteiger partial charge on any atom is -0.362 e. The quantitative estimate of drug-likeness (QED) is 0.919. The molecule has 4 nitrogen and oxygen atoms in total. The van der Waals surface area contributed by atoms with Crippen LogP contribution in [0.1, 0.15) is 31.2 Å². The Labute approximate surface area is 124 Å². The predicted octanol–water partition coefficient (Wildman–Crippen LogP) is 3.17. The average molecular weight is 283 g/mol. The van der Waals surface area contributed by atoms with Crippen molar-refractivity contribution >= 4 is 16.8 Å². The Morgan fingerprint density at radius 1 is 1.29 bits per heavy atom. The lowest BCUT2D eigenvalue weighted by atomic mass is 9.77. The minimum absolute atomic E-state index is 0.428. The molecule has 4 fully saturated rings. The third-order valence-corrected chi connectivity index (χ3v) is 5.90. The fourth-order valence-corrected chi connectivity index (χ4v) is 4.62. The van der Waals surface area contributed by atoms with E-state index in [-0.39, 0.29) is 0 Å². The van der Waals surface area contributed by atoms with Gasteiger partial charge in [-0.3, -0.25) is 4.90 Å². The Kier molecular flexibility index (Phi) is 2.30. The molecule has 110 valence electrons. The molecule has 1 unspecified atom stereocenters. The Morgan fingerprint density at radius 2 is 2.10 bits per heavy atom. The number of aromatic nitrogens is 1. The molecule has 4 heteroatoms. The van der Waals surface area contributed by atoms with Gasteiger partial charge in [0.15, 0.2) is 11.4 Å². The first-order valence-corrected chi connectivity index (χ1v) is 8.14. The van der Waals surface area contributed by atoms with Gasteiger partial charge < -0.3 is 9.84 Å². The molecule has 3 saturated heterocycles. The zero-order valence-corrected chi connectivity index (χ0v) is 12.4. The maximum atomic E-state index is 5.51. The van der Waals surface area contributed by atoms with Gasteiger partial charge in [0.25, 0.3) is 0 Å². The van der Waals surface area contributed by atoms with Crippen LogP contribution in [0.3, 0.4) is 0 Å². The molecule has 4 aliphatic rings. The Hall–Kier alpha value is -1.55. The minimum atomic E-state index is 0.428. The van der Waals surface area contributed by atoms with E-state index in [1.54, 1.807) is 0 Å². The molecule has 1 aliphatic carbocycles. The van der Waals surface area contributed by atoms with Crippen molar-refractivity contribution < 1.29 is 4.52 Å². The summed E-state index contributed by atoms with van der Waals surface area (Å²) in [4.78, 5) is 2.72. The lowest BCUT2D eigenvalue weighted by Crippen LogP contribution is -2.62. The van der Waals surface area contributed by atoms with Gasteiger partial charge in [-0.2, -0.15) is 0 Å². The Balaban J connectivity index is 1.51. The number of hydrogen-bond acceptors (Lipinski definition) is 4. The molecule has 1 spiro atoms.